The molecule has 3 unspecified atom stereocenters. The van der Waals surface area contributed by atoms with Crippen LogP contribution in [0.3, 0.4) is 0 Å². The number of hydrogen-bond acceptors (Lipinski definition) is 6. The third-order valence-electron chi connectivity index (χ3n) is 9.02. The molecule has 0 aliphatic carbocycles. The number of nitrogens with one attached hydrogen (secondary N) is 1. The Labute approximate surface area is 326 Å². The van der Waals surface area contributed by atoms with Crippen molar-refractivity contribution >= 4 is 13.7 Å². The maximum atomic E-state index is 12.8. The number of rotatable bonds is 37. The number of nitrogens with zero attached hydrogens (tertiary/aromatic N) is 1. The molecule has 0 aliphatic rings. The van der Waals surface area contributed by atoms with Crippen LogP contribution in [0, 0.1) is 0 Å². The number of hydrogen-bond donors (Lipinski definition) is 2. The fourth-order valence-corrected chi connectivity index (χ4v) is 6.37. The summed E-state index contributed by atoms with van der Waals surface area (Å²) < 4.78 is 23.2. The Bertz CT molecular complexity index is 1050. The molecule has 0 heterocycles. The van der Waals surface area contributed by atoms with Crippen LogP contribution in [0.5, 0.6) is 0 Å². The van der Waals surface area contributed by atoms with Crippen LogP contribution < -0.4 is 10.2 Å². The summed E-state index contributed by atoms with van der Waals surface area (Å²) in [4.78, 5) is 25.2. The molecule has 0 aromatic rings. The number of carbonyl (C=O) groups excluding carboxylic acids is 1. The molecule has 308 valence electrons. The monoisotopic (exact) mass is 765 g/mol. The highest BCUT2D eigenvalue weighted by Crippen LogP contribution is 2.38. The number of amides is 1. The zero-order valence-corrected chi connectivity index (χ0v) is 35.6. The van der Waals surface area contributed by atoms with Gasteiger partial charge in [-0.1, -0.05) is 158 Å². The number of carbonyl (C=O) groups is 1. The van der Waals surface area contributed by atoms with Crippen molar-refractivity contribution in [3.05, 3.63) is 60.8 Å². The van der Waals surface area contributed by atoms with Crippen LogP contribution in [0.1, 0.15) is 162 Å². The summed E-state index contributed by atoms with van der Waals surface area (Å²) in [5.41, 5.74) is 0. The Balaban J connectivity index is 4.38. The molecule has 0 bridgehead atoms. The Morgan fingerprint density at radius 3 is 1.68 bits per heavy atom. The van der Waals surface area contributed by atoms with E-state index < -0.39 is 20.0 Å². The Hall–Kier alpha value is -1.80. The molecule has 0 rings (SSSR count). The average molecular weight is 765 g/mol. The summed E-state index contributed by atoms with van der Waals surface area (Å²) in [7, 11) is 1.28. The van der Waals surface area contributed by atoms with Gasteiger partial charge in [-0.2, -0.15) is 0 Å². The van der Waals surface area contributed by atoms with E-state index in [9.17, 15) is 19.4 Å². The summed E-state index contributed by atoms with van der Waals surface area (Å²) >= 11 is 0. The number of phosphoric ester groups is 1. The lowest BCUT2D eigenvalue weighted by molar-refractivity contribution is -0.870. The van der Waals surface area contributed by atoms with E-state index in [0.717, 1.165) is 89.9 Å². The first-order valence-electron chi connectivity index (χ1n) is 21.1. The van der Waals surface area contributed by atoms with Gasteiger partial charge in [0.25, 0.3) is 7.82 Å². The van der Waals surface area contributed by atoms with Gasteiger partial charge in [0.2, 0.25) is 5.91 Å². The first-order chi connectivity index (χ1) is 25.5. The van der Waals surface area contributed by atoms with Crippen molar-refractivity contribution in [3.63, 3.8) is 0 Å². The highest BCUT2D eigenvalue weighted by molar-refractivity contribution is 7.45. The van der Waals surface area contributed by atoms with Crippen LogP contribution in [0.15, 0.2) is 60.8 Å². The molecule has 0 aromatic heterocycles. The highest BCUT2D eigenvalue weighted by atomic mass is 31.2. The van der Waals surface area contributed by atoms with E-state index in [1.54, 1.807) is 0 Å². The van der Waals surface area contributed by atoms with E-state index in [1.165, 1.54) is 44.9 Å². The molecule has 53 heavy (non-hydrogen) atoms. The molecule has 9 heteroatoms. The number of phosphoric acid groups is 1. The van der Waals surface area contributed by atoms with E-state index >= 15 is 0 Å². The first-order valence-corrected chi connectivity index (χ1v) is 22.6. The molecule has 0 fully saturated rings. The van der Waals surface area contributed by atoms with Gasteiger partial charge in [-0.15, -0.1) is 0 Å². The number of allylic oxidation sites excluding steroid dienone is 10. The first kappa shape index (κ1) is 51.2. The SMILES string of the molecule is CC/C=C\C/C=C\C/C=C\C/C=C\C/C=C\CCCCCCCC(=O)NC(COP(=O)([O-])OCC[N+](C)(C)C)C(O)CCCCCCCCCCCC. The van der Waals surface area contributed by atoms with E-state index in [4.69, 9.17) is 9.05 Å². The quantitative estimate of drug-likeness (QED) is 0.0282. The van der Waals surface area contributed by atoms with Gasteiger partial charge in [-0.05, 0) is 57.8 Å². The minimum absolute atomic E-state index is 0.00474. The number of quaternary nitrogens is 1. The summed E-state index contributed by atoms with van der Waals surface area (Å²) in [5.74, 6) is -0.189. The van der Waals surface area contributed by atoms with Gasteiger partial charge in [-0.25, -0.2) is 0 Å². The maximum Gasteiger partial charge on any atom is 0.268 e. The highest BCUT2D eigenvalue weighted by Gasteiger charge is 2.24. The lowest BCUT2D eigenvalue weighted by Crippen LogP contribution is -2.46. The van der Waals surface area contributed by atoms with Gasteiger partial charge in [0, 0.05) is 6.42 Å². The van der Waals surface area contributed by atoms with Gasteiger partial charge in [0.1, 0.15) is 13.2 Å². The lowest BCUT2D eigenvalue weighted by atomic mass is 10.0. The van der Waals surface area contributed by atoms with Gasteiger partial charge >= 0.3 is 0 Å². The van der Waals surface area contributed by atoms with E-state index in [2.05, 4.69) is 79.9 Å². The van der Waals surface area contributed by atoms with Gasteiger partial charge in [0.05, 0.1) is 39.9 Å². The molecule has 8 nitrogen and oxygen atoms in total. The molecule has 0 saturated heterocycles. The van der Waals surface area contributed by atoms with Crippen LogP contribution in [-0.2, 0) is 18.4 Å². The fraction of sp³-hybridized carbons (Fsp3) is 0.750. The average Bonchev–Trinajstić information content (AvgIpc) is 3.10. The van der Waals surface area contributed by atoms with Crippen LogP contribution in [0.2, 0.25) is 0 Å². The molecule has 0 aromatic carbocycles. The molecule has 0 spiro atoms. The summed E-state index contributed by atoms with van der Waals surface area (Å²) in [5, 5.41) is 13.8. The summed E-state index contributed by atoms with van der Waals surface area (Å²) in [6, 6.07) is -0.811. The molecular weight excluding hydrogens is 683 g/mol. The van der Waals surface area contributed by atoms with Crippen molar-refractivity contribution in [1.82, 2.24) is 5.32 Å². The molecule has 1 amide bonds. The number of likely N-dealkylation sites (N-methyl/N-ethyl adjacent to an activating group) is 1. The smallest absolute Gasteiger partial charge is 0.268 e. The van der Waals surface area contributed by atoms with Gasteiger partial charge < -0.3 is 28.8 Å². The van der Waals surface area contributed by atoms with Crippen molar-refractivity contribution < 1.29 is 32.9 Å². The normalized spacial score (nSPS) is 15.1. The van der Waals surface area contributed by atoms with Gasteiger partial charge in [-0.3, -0.25) is 9.36 Å². The minimum atomic E-state index is -4.57. The van der Waals surface area contributed by atoms with Crippen molar-refractivity contribution in [2.45, 2.75) is 174 Å². The van der Waals surface area contributed by atoms with Crippen LogP contribution in [0.25, 0.3) is 0 Å². The zero-order valence-electron chi connectivity index (χ0n) is 34.7. The third-order valence-corrected chi connectivity index (χ3v) is 9.98. The Morgan fingerprint density at radius 1 is 0.679 bits per heavy atom. The number of aliphatic hydroxyl groups is 1. The maximum absolute atomic E-state index is 12.8. The topological polar surface area (TPSA) is 108 Å². The second-order valence-corrected chi connectivity index (χ2v) is 16.7. The molecule has 2 N–H and O–H groups in total. The van der Waals surface area contributed by atoms with E-state index in [-0.39, 0.29) is 19.1 Å². The van der Waals surface area contributed by atoms with Gasteiger partial charge in [0.15, 0.2) is 0 Å². The zero-order chi connectivity index (χ0) is 39.3. The second kappa shape index (κ2) is 35.9. The van der Waals surface area contributed by atoms with Crippen molar-refractivity contribution in [2.24, 2.45) is 0 Å². The lowest BCUT2D eigenvalue weighted by Gasteiger charge is -2.30. The van der Waals surface area contributed by atoms with Crippen LogP contribution in [0.4, 0.5) is 0 Å². The Kier molecular flexibility index (Phi) is 34.7. The second-order valence-electron chi connectivity index (χ2n) is 15.3. The van der Waals surface area contributed by atoms with Crippen LogP contribution in [-0.4, -0.2) is 68.5 Å². The Morgan fingerprint density at radius 2 is 1.15 bits per heavy atom. The van der Waals surface area contributed by atoms with Crippen molar-refractivity contribution in [1.29, 1.82) is 0 Å². The molecular formula is C44H81N2O6P. The summed E-state index contributed by atoms with van der Waals surface area (Å²) in [6.45, 7) is 4.55. The molecule has 0 saturated carbocycles. The van der Waals surface area contributed by atoms with Crippen molar-refractivity contribution in [3.8, 4) is 0 Å². The number of aliphatic hydroxyl groups excluding tert-OH is 1. The largest absolute Gasteiger partial charge is 0.756 e. The number of unbranched alkanes of at least 4 members (excludes halogenated alkanes) is 14. The predicted octanol–water partition coefficient (Wildman–Crippen LogP) is 10.8. The molecule has 0 aliphatic heterocycles. The third kappa shape index (κ3) is 38.3. The summed E-state index contributed by atoms with van der Waals surface area (Å²) in [6.07, 6.45) is 45.1. The predicted molar refractivity (Wildman–Crippen MR) is 224 cm³/mol. The molecule has 3 atom stereocenters. The standard InChI is InChI=1S/C44H81N2O6P/c1-6-8-10-12-14-16-18-19-20-21-22-23-24-25-26-27-28-30-32-34-36-38-44(48)45-42(41-52-53(49,50)51-40-39-46(3,4)5)43(47)37-35-33-31-29-17-15-13-11-9-7-2/h8,10,14,16,19-20,22-23,25-26,42-43,47H,6-7,9,11-13,15,17-18,21,24,27-41H2,1-5H3,(H-,45,48,49,50)/b10-8-,16-14-,20-19-,23-22-,26-25-. The molecule has 0 radical (unpaired) electrons. The van der Waals surface area contributed by atoms with Crippen LogP contribution >= 0.6 is 7.82 Å². The van der Waals surface area contributed by atoms with Crippen molar-refractivity contribution in [2.75, 3.05) is 40.9 Å². The fourth-order valence-electron chi connectivity index (χ4n) is 5.65. The van der Waals surface area contributed by atoms with E-state index in [1.807, 2.05) is 21.1 Å². The van der Waals surface area contributed by atoms with E-state index in [0.29, 0.717) is 23.9 Å². The minimum Gasteiger partial charge on any atom is -0.756 e.